The van der Waals surface area contributed by atoms with Gasteiger partial charge in [0.2, 0.25) is 0 Å². The number of carbonyl (C=O) groups excluding carboxylic acids is 1. The smallest absolute Gasteiger partial charge is 0.303 e. The summed E-state index contributed by atoms with van der Waals surface area (Å²) in [5.41, 5.74) is 0. The van der Waals surface area contributed by atoms with E-state index in [9.17, 15) is 19.5 Å². The van der Waals surface area contributed by atoms with Gasteiger partial charge < -0.3 is 24.6 Å². The van der Waals surface area contributed by atoms with Crippen molar-refractivity contribution in [2.24, 2.45) is 0 Å². The highest BCUT2D eigenvalue weighted by molar-refractivity contribution is 5.66. The Morgan fingerprint density at radius 3 is 1.50 bits per heavy atom. The molecule has 0 aromatic carbocycles. The van der Waals surface area contributed by atoms with Crippen LogP contribution in [0, 0.1) is 0 Å². The summed E-state index contributed by atoms with van der Waals surface area (Å²) in [4.78, 5) is 32.5. The van der Waals surface area contributed by atoms with Crippen molar-refractivity contribution in [3.05, 3.63) is 12.2 Å². The third-order valence-corrected chi connectivity index (χ3v) is 6.05. The van der Waals surface area contributed by atoms with Crippen LogP contribution in [0.25, 0.3) is 0 Å². The van der Waals surface area contributed by atoms with Crippen LogP contribution in [0.2, 0.25) is 0 Å². The molecule has 0 spiro atoms. The van der Waals surface area contributed by atoms with Crippen LogP contribution < -0.4 is 5.11 Å². The van der Waals surface area contributed by atoms with Gasteiger partial charge in [0.05, 0.1) is 26.2 Å². The van der Waals surface area contributed by atoms with Gasteiger partial charge in [0, 0.05) is 18.8 Å². The van der Waals surface area contributed by atoms with E-state index in [1.807, 2.05) is 6.92 Å². The van der Waals surface area contributed by atoms with E-state index in [0.29, 0.717) is 19.3 Å². The molecule has 0 aliphatic carbocycles. The molecule has 0 heterocycles. The third-order valence-electron chi connectivity index (χ3n) is 6.05. The zero-order valence-electron chi connectivity index (χ0n) is 20.1. The Kier molecular flexibility index (Phi) is 18.6. The Labute approximate surface area is 194 Å². The minimum atomic E-state index is -1.02. The van der Waals surface area contributed by atoms with Crippen LogP contribution >= 0.6 is 0 Å². The van der Waals surface area contributed by atoms with Gasteiger partial charge >= 0.3 is 11.9 Å². The first kappa shape index (κ1) is 30.1. The molecule has 0 aromatic rings. The Bertz CT molecular complexity index is 491. The van der Waals surface area contributed by atoms with Gasteiger partial charge in [-0.05, 0) is 77.6 Å². The molecule has 0 saturated heterocycles. The highest BCUT2D eigenvalue weighted by atomic mass is 16.4. The lowest BCUT2D eigenvalue weighted by molar-refractivity contribution is -0.929. The second-order valence-corrected chi connectivity index (χ2v) is 8.89. The summed E-state index contributed by atoms with van der Waals surface area (Å²) in [6.45, 7) is 5.62. The lowest BCUT2D eigenvalue weighted by Gasteiger charge is -2.39. The second-order valence-electron chi connectivity index (χ2n) is 8.89. The number of hydrogen-bond donors (Lipinski definition) is 2. The maximum Gasteiger partial charge on any atom is 0.303 e. The normalized spacial score (nSPS) is 11.8. The summed E-state index contributed by atoms with van der Waals surface area (Å²) in [5.74, 6) is -2.59. The number of rotatable bonds is 23. The number of unbranched alkanes of at least 4 members (excludes halogenated alkanes) is 8. The fourth-order valence-electron chi connectivity index (χ4n) is 4.24. The molecule has 0 atom stereocenters. The van der Waals surface area contributed by atoms with Crippen LogP contribution in [0.4, 0.5) is 0 Å². The molecule has 0 aliphatic heterocycles. The fraction of sp³-hybridized carbons (Fsp3) is 0.800. The van der Waals surface area contributed by atoms with Crippen molar-refractivity contribution in [2.45, 2.75) is 103 Å². The molecule has 7 nitrogen and oxygen atoms in total. The van der Waals surface area contributed by atoms with Crippen LogP contribution in [0.3, 0.4) is 0 Å². The van der Waals surface area contributed by atoms with Gasteiger partial charge in [0.1, 0.15) is 0 Å². The van der Waals surface area contributed by atoms with E-state index >= 15 is 0 Å². The van der Waals surface area contributed by atoms with E-state index in [1.54, 1.807) is 0 Å². The van der Waals surface area contributed by atoms with Gasteiger partial charge in [-0.2, -0.15) is 0 Å². The first-order chi connectivity index (χ1) is 15.3. The summed E-state index contributed by atoms with van der Waals surface area (Å²) < 4.78 is 0.838. The number of carboxylic acids is 3. The van der Waals surface area contributed by atoms with E-state index in [1.165, 1.54) is 19.3 Å². The summed E-state index contributed by atoms with van der Waals surface area (Å²) in [7, 11) is 0. The van der Waals surface area contributed by atoms with Crippen LogP contribution in [-0.4, -0.2) is 58.8 Å². The van der Waals surface area contributed by atoms with E-state index in [-0.39, 0.29) is 19.3 Å². The molecule has 0 rings (SSSR count). The largest absolute Gasteiger partial charge is 0.550 e. The first-order valence-electron chi connectivity index (χ1n) is 12.4. The van der Waals surface area contributed by atoms with E-state index < -0.39 is 17.9 Å². The number of carbonyl (C=O) groups is 3. The molecule has 32 heavy (non-hydrogen) atoms. The number of nitrogens with zero attached hydrogens (tertiary/aromatic N) is 1. The second kappa shape index (κ2) is 19.8. The average Bonchev–Trinajstić information content (AvgIpc) is 2.73. The molecule has 0 amide bonds. The minimum absolute atomic E-state index is 0.0598. The van der Waals surface area contributed by atoms with Gasteiger partial charge in [-0.25, -0.2) is 0 Å². The summed E-state index contributed by atoms with van der Waals surface area (Å²) in [6, 6.07) is 0. The van der Waals surface area contributed by atoms with Crippen molar-refractivity contribution < 1.29 is 34.2 Å². The van der Waals surface area contributed by atoms with Gasteiger partial charge in [-0.15, -0.1) is 0 Å². The van der Waals surface area contributed by atoms with Crippen LogP contribution in [0.1, 0.15) is 103 Å². The van der Waals surface area contributed by atoms with Crippen LogP contribution in [-0.2, 0) is 14.4 Å². The molecule has 0 aliphatic rings. The molecule has 0 bridgehead atoms. The number of allylic oxidation sites excluding steroid dienone is 2. The lowest BCUT2D eigenvalue weighted by atomic mass is 10.1. The first-order valence-corrected chi connectivity index (χ1v) is 12.4. The molecule has 0 fully saturated rings. The average molecular weight is 456 g/mol. The molecule has 186 valence electrons. The van der Waals surface area contributed by atoms with E-state index in [0.717, 1.165) is 69.2 Å². The molecule has 7 heteroatoms. The highest BCUT2D eigenvalue weighted by Crippen LogP contribution is 2.19. The van der Waals surface area contributed by atoms with Gasteiger partial charge in [-0.3, -0.25) is 9.59 Å². The molecular weight excluding hydrogens is 410 g/mol. The van der Waals surface area contributed by atoms with Crippen molar-refractivity contribution >= 4 is 17.9 Å². The van der Waals surface area contributed by atoms with Crippen molar-refractivity contribution in [1.29, 1.82) is 0 Å². The number of quaternary nitrogens is 1. The Balaban J connectivity index is 4.84. The van der Waals surface area contributed by atoms with Crippen LogP contribution in [0.5, 0.6) is 0 Å². The number of hydrogen-bond acceptors (Lipinski definition) is 4. The SMILES string of the molecule is C/C=C/CCCCCCC[N+](CCCCC(=O)[O-])(CCCCC(=O)O)CCCCC(=O)O. The fourth-order valence-corrected chi connectivity index (χ4v) is 4.24. The van der Waals surface area contributed by atoms with E-state index in [2.05, 4.69) is 12.2 Å². The lowest BCUT2D eigenvalue weighted by Crippen LogP contribution is -2.51. The molecule has 2 N–H and O–H groups in total. The monoisotopic (exact) mass is 455 g/mol. The third kappa shape index (κ3) is 18.8. The zero-order valence-corrected chi connectivity index (χ0v) is 20.1. The maximum atomic E-state index is 10.9. The van der Waals surface area contributed by atoms with E-state index in [4.69, 9.17) is 10.2 Å². The van der Waals surface area contributed by atoms with Gasteiger partial charge in [0.15, 0.2) is 0 Å². The number of aliphatic carboxylic acids is 3. The molecule has 0 saturated carbocycles. The standard InChI is InChI=1S/C25H45NO6/c1-2-3-4-5-6-7-8-12-19-26(20-13-9-16-23(27)28,21-14-10-17-24(29)30)22-15-11-18-25(31)32/h2-3H,4-22H2,1H3,(H2-,27,28,29,30,31,32)/b3-2+. The summed E-state index contributed by atoms with van der Waals surface area (Å²) >= 11 is 0. The van der Waals surface area contributed by atoms with Gasteiger partial charge in [-0.1, -0.05) is 25.0 Å². The minimum Gasteiger partial charge on any atom is -0.550 e. The summed E-state index contributed by atoms with van der Waals surface area (Å²) in [6.07, 6.45) is 15.9. The van der Waals surface area contributed by atoms with Crippen LogP contribution in [0.15, 0.2) is 12.2 Å². The highest BCUT2D eigenvalue weighted by Gasteiger charge is 2.26. The topological polar surface area (TPSA) is 115 Å². The zero-order chi connectivity index (χ0) is 24.1. The molecule has 0 radical (unpaired) electrons. The van der Waals surface area contributed by atoms with Crippen molar-refractivity contribution in [2.75, 3.05) is 26.2 Å². The quantitative estimate of drug-likeness (QED) is 0.136. The Morgan fingerprint density at radius 2 is 1.06 bits per heavy atom. The maximum absolute atomic E-state index is 10.9. The van der Waals surface area contributed by atoms with Gasteiger partial charge in [0.25, 0.3) is 0 Å². The molecule has 0 aromatic heterocycles. The van der Waals surface area contributed by atoms with Crippen molar-refractivity contribution in [1.82, 2.24) is 0 Å². The Morgan fingerprint density at radius 1 is 0.656 bits per heavy atom. The molecule has 0 unspecified atom stereocenters. The summed E-state index contributed by atoms with van der Waals surface area (Å²) in [5, 5.41) is 28.7. The van der Waals surface area contributed by atoms with Crippen molar-refractivity contribution in [3.8, 4) is 0 Å². The predicted molar refractivity (Wildman–Crippen MR) is 124 cm³/mol. The van der Waals surface area contributed by atoms with Crippen molar-refractivity contribution in [3.63, 3.8) is 0 Å². The molecular formula is C25H45NO6. The Hall–Kier alpha value is -1.89. The number of carboxylic acid groups (broad SMARTS) is 3. The predicted octanol–water partition coefficient (Wildman–Crippen LogP) is 4.15.